The number of hydrogen-bond acceptors (Lipinski definition) is 3. The lowest BCUT2D eigenvalue weighted by Gasteiger charge is -2.08. The molecule has 0 spiro atoms. The van der Waals surface area contributed by atoms with Gasteiger partial charge in [-0.25, -0.2) is 9.97 Å². The molecule has 0 radical (unpaired) electrons. The van der Waals surface area contributed by atoms with E-state index >= 15 is 0 Å². The molecule has 3 rings (SSSR count). The Morgan fingerprint density at radius 1 is 0.833 bits per heavy atom. The summed E-state index contributed by atoms with van der Waals surface area (Å²) in [6.45, 7) is 0. The largest absolute Gasteiger partial charge is 0.357 e. The molecule has 1 aromatic heterocycles. The van der Waals surface area contributed by atoms with Crippen molar-refractivity contribution in [3.8, 4) is 11.3 Å². The Morgan fingerprint density at radius 3 is 2.33 bits per heavy atom. The zero-order chi connectivity index (χ0) is 12.4. The lowest BCUT2D eigenvalue weighted by Crippen LogP contribution is -1.98. The summed E-state index contributed by atoms with van der Waals surface area (Å²) in [7, 11) is 1.83. The molecule has 0 aliphatic carbocycles. The third-order valence-electron chi connectivity index (χ3n) is 2.87. The van der Waals surface area contributed by atoms with Gasteiger partial charge in [-0.05, 0) is 6.07 Å². The molecule has 0 saturated heterocycles. The van der Waals surface area contributed by atoms with E-state index < -0.39 is 0 Å². The van der Waals surface area contributed by atoms with Gasteiger partial charge in [0.25, 0.3) is 0 Å². The van der Waals surface area contributed by atoms with Crippen LogP contribution in [0.5, 0.6) is 0 Å². The Balaban J connectivity index is 2.33. The van der Waals surface area contributed by atoms with Crippen LogP contribution in [0.15, 0.2) is 54.6 Å². The quantitative estimate of drug-likeness (QED) is 0.740. The van der Waals surface area contributed by atoms with Gasteiger partial charge in [-0.3, -0.25) is 0 Å². The molecule has 3 heteroatoms. The molecule has 0 amide bonds. The molecule has 0 atom stereocenters. The fraction of sp³-hybridized carbons (Fsp3) is 0.0667. The van der Waals surface area contributed by atoms with Crippen LogP contribution >= 0.6 is 0 Å². The van der Waals surface area contributed by atoms with E-state index in [1.165, 1.54) is 0 Å². The fourth-order valence-electron chi connectivity index (χ4n) is 2.00. The van der Waals surface area contributed by atoms with E-state index in [0.29, 0.717) is 5.95 Å². The van der Waals surface area contributed by atoms with Crippen LogP contribution in [0.4, 0.5) is 5.95 Å². The number of hydrogen-bond donors (Lipinski definition) is 1. The maximum atomic E-state index is 4.57. The van der Waals surface area contributed by atoms with Crippen molar-refractivity contribution >= 4 is 16.9 Å². The minimum atomic E-state index is 0.646. The molecule has 1 heterocycles. The molecule has 0 saturated carbocycles. The van der Waals surface area contributed by atoms with Gasteiger partial charge < -0.3 is 5.32 Å². The van der Waals surface area contributed by atoms with Crippen LogP contribution in [0.3, 0.4) is 0 Å². The zero-order valence-electron chi connectivity index (χ0n) is 10.1. The van der Waals surface area contributed by atoms with Crippen LogP contribution in [0, 0.1) is 0 Å². The van der Waals surface area contributed by atoms with Crippen LogP contribution < -0.4 is 5.32 Å². The third-order valence-corrected chi connectivity index (χ3v) is 2.87. The summed E-state index contributed by atoms with van der Waals surface area (Å²) in [5.41, 5.74) is 3.02. The maximum absolute atomic E-state index is 4.57. The number of rotatable bonds is 2. The molecule has 0 aliphatic heterocycles. The van der Waals surface area contributed by atoms with E-state index in [-0.39, 0.29) is 0 Å². The highest BCUT2D eigenvalue weighted by Gasteiger charge is 2.07. The summed E-state index contributed by atoms with van der Waals surface area (Å²) in [6.07, 6.45) is 0. The number of fused-ring (bicyclic) bond motifs is 1. The van der Waals surface area contributed by atoms with Crippen LogP contribution in [0.1, 0.15) is 0 Å². The van der Waals surface area contributed by atoms with E-state index in [1.807, 2.05) is 43.4 Å². The number of aromatic nitrogens is 2. The molecule has 2 aromatic carbocycles. The molecule has 0 bridgehead atoms. The molecule has 18 heavy (non-hydrogen) atoms. The maximum Gasteiger partial charge on any atom is 0.223 e. The molecule has 0 unspecified atom stereocenters. The Hall–Kier alpha value is -2.42. The second kappa shape index (κ2) is 4.45. The molecule has 88 valence electrons. The average Bonchev–Trinajstić information content (AvgIpc) is 2.47. The second-order valence-electron chi connectivity index (χ2n) is 4.03. The summed E-state index contributed by atoms with van der Waals surface area (Å²) >= 11 is 0. The van der Waals surface area contributed by atoms with E-state index in [4.69, 9.17) is 0 Å². The van der Waals surface area contributed by atoms with Gasteiger partial charge in [-0.1, -0.05) is 48.5 Å². The van der Waals surface area contributed by atoms with Crippen molar-refractivity contribution in [2.24, 2.45) is 0 Å². The molecular weight excluding hydrogens is 222 g/mol. The minimum absolute atomic E-state index is 0.646. The Kier molecular flexibility index (Phi) is 2.65. The first-order valence-corrected chi connectivity index (χ1v) is 5.88. The van der Waals surface area contributed by atoms with Crippen LogP contribution in [-0.4, -0.2) is 17.0 Å². The van der Waals surface area contributed by atoms with Gasteiger partial charge in [-0.2, -0.15) is 0 Å². The zero-order valence-corrected chi connectivity index (χ0v) is 10.1. The summed E-state index contributed by atoms with van der Waals surface area (Å²) in [5, 5.41) is 4.08. The number of benzene rings is 2. The molecule has 0 fully saturated rings. The first kappa shape index (κ1) is 10.7. The van der Waals surface area contributed by atoms with E-state index in [2.05, 4.69) is 33.5 Å². The van der Waals surface area contributed by atoms with Gasteiger partial charge in [0.2, 0.25) is 5.95 Å². The predicted octanol–water partition coefficient (Wildman–Crippen LogP) is 3.34. The Bertz CT molecular complexity index is 678. The van der Waals surface area contributed by atoms with E-state index in [9.17, 15) is 0 Å². The van der Waals surface area contributed by atoms with Crippen LogP contribution in [-0.2, 0) is 0 Å². The highest BCUT2D eigenvalue weighted by molar-refractivity contribution is 5.93. The van der Waals surface area contributed by atoms with Crippen molar-refractivity contribution in [1.29, 1.82) is 0 Å². The summed E-state index contributed by atoms with van der Waals surface area (Å²) in [6, 6.07) is 18.2. The standard InChI is InChI=1S/C15H13N3/c1-16-15-17-13-10-6-5-9-12(13)14(18-15)11-7-3-2-4-8-11/h2-10H,1H3,(H,16,17,18). The second-order valence-corrected chi connectivity index (χ2v) is 4.03. The van der Waals surface area contributed by atoms with Crippen molar-refractivity contribution in [2.75, 3.05) is 12.4 Å². The van der Waals surface area contributed by atoms with Crippen molar-refractivity contribution < 1.29 is 0 Å². The first-order valence-electron chi connectivity index (χ1n) is 5.88. The van der Waals surface area contributed by atoms with E-state index in [0.717, 1.165) is 22.2 Å². The normalized spacial score (nSPS) is 10.5. The minimum Gasteiger partial charge on any atom is -0.357 e. The lowest BCUT2D eigenvalue weighted by molar-refractivity contribution is 1.20. The summed E-state index contributed by atoms with van der Waals surface area (Å²) < 4.78 is 0. The lowest BCUT2D eigenvalue weighted by atomic mass is 10.1. The average molecular weight is 235 g/mol. The van der Waals surface area contributed by atoms with Crippen molar-refractivity contribution in [3.05, 3.63) is 54.6 Å². The van der Waals surface area contributed by atoms with Gasteiger partial charge in [0, 0.05) is 18.0 Å². The number of nitrogens with one attached hydrogen (secondary N) is 1. The monoisotopic (exact) mass is 235 g/mol. The van der Waals surface area contributed by atoms with Gasteiger partial charge in [0.05, 0.1) is 11.2 Å². The molecule has 0 aliphatic rings. The van der Waals surface area contributed by atoms with Crippen molar-refractivity contribution in [3.63, 3.8) is 0 Å². The SMILES string of the molecule is CNc1nc(-c2ccccc2)c2ccccc2n1. The smallest absolute Gasteiger partial charge is 0.223 e. The Morgan fingerprint density at radius 2 is 1.56 bits per heavy atom. The number of anilines is 1. The number of para-hydroxylation sites is 1. The molecular formula is C15H13N3. The first-order chi connectivity index (χ1) is 8.88. The summed E-state index contributed by atoms with van der Waals surface area (Å²) in [4.78, 5) is 9.03. The Labute approximate surface area is 106 Å². The predicted molar refractivity (Wildman–Crippen MR) is 74.5 cm³/mol. The van der Waals surface area contributed by atoms with Crippen LogP contribution in [0.25, 0.3) is 22.2 Å². The van der Waals surface area contributed by atoms with Crippen LogP contribution in [0.2, 0.25) is 0 Å². The van der Waals surface area contributed by atoms with Gasteiger partial charge >= 0.3 is 0 Å². The highest BCUT2D eigenvalue weighted by Crippen LogP contribution is 2.26. The third kappa shape index (κ3) is 1.80. The van der Waals surface area contributed by atoms with Gasteiger partial charge in [-0.15, -0.1) is 0 Å². The number of nitrogens with zero attached hydrogens (tertiary/aromatic N) is 2. The molecule has 3 aromatic rings. The molecule has 1 N–H and O–H groups in total. The summed E-state index contributed by atoms with van der Waals surface area (Å²) in [5.74, 6) is 0.646. The van der Waals surface area contributed by atoms with Crippen molar-refractivity contribution in [1.82, 2.24) is 9.97 Å². The topological polar surface area (TPSA) is 37.8 Å². The van der Waals surface area contributed by atoms with Gasteiger partial charge in [0.1, 0.15) is 0 Å². The fourth-order valence-corrected chi connectivity index (χ4v) is 2.00. The van der Waals surface area contributed by atoms with Gasteiger partial charge in [0.15, 0.2) is 0 Å². The highest BCUT2D eigenvalue weighted by atomic mass is 15.1. The van der Waals surface area contributed by atoms with E-state index in [1.54, 1.807) is 0 Å². The molecule has 3 nitrogen and oxygen atoms in total. The van der Waals surface area contributed by atoms with Crippen molar-refractivity contribution in [2.45, 2.75) is 0 Å².